The highest BCUT2D eigenvalue weighted by Crippen LogP contribution is 2.13. The maximum Gasteiger partial charge on any atom is 0.310 e. The summed E-state index contributed by atoms with van der Waals surface area (Å²) in [6.07, 6.45) is 0. The summed E-state index contributed by atoms with van der Waals surface area (Å²) in [5, 5.41) is 2.82. The van der Waals surface area contributed by atoms with Crippen LogP contribution in [-0.4, -0.2) is 47.8 Å². The smallest absolute Gasteiger partial charge is 0.310 e. The molecule has 0 bridgehead atoms. The number of methoxy groups -OCH3 is 1. The Balaban J connectivity index is 1.89. The van der Waals surface area contributed by atoms with E-state index in [1.54, 1.807) is 11.8 Å². The first-order chi connectivity index (χ1) is 14.4. The molecule has 160 valence electrons. The van der Waals surface area contributed by atoms with Crippen molar-refractivity contribution in [3.8, 4) is 0 Å². The van der Waals surface area contributed by atoms with Crippen LogP contribution in [0.5, 0.6) is 0 Å². The monoisotopic (exact) mass is 428 g/mol. The molecule has 6 nitrogen and oxygen atoms in total. The summed E-state index contributed by atoms with van der Waals surface area (Å²) in [5.41, 5.74) is 2.83. The van der Waals surface area contributed by atoms with Gasteiger partial charge in [0, 0.05) is 18.8 Å². The van der Waals surface area contributed by atoms with Crippen LogP contribution in [0.15, 0.2) is 54.6 Å². The highest BCUT2D eigenvalue weighted by atomic mass is 32.2. The second kappa shape index (κ2) is 12.0. The summed E-state index contributed by atoms with van der Waals surface area (Å²) in [4.78, 5) is 38.4. The van der Waals surface area contributed by atoms with Gasteiger partial charge in [-0.3, -0.25) is 14.4 Å². The number of nitrogens with zero attached hydrogens (tertiary/aromatic N) is 1. The van der Waals surface area contributed by atoms with E-state index in [1.165, 1.54) is 18.9 Å². The zero-order valence-corrected chi connectivity index (χ0v) is 18.4. The Labute approximate surface area is 182 Å². The Morgan fingerprint density at radius 1 is 1.03 bits per heavy atom. The second-order valence-corrected chi connectivity index (χ2v) is 8.08. The fraction of sp³-hybridized carbons (Fsp3) is 0.348. The van der Waals surface area contributed by atoms with Crippen LogP contribution >= 0.6 is 11.8 Å². The molecule has 0 aromatic heterocycles. The molecular formula is C23H28N2O4S. The Hall–Kier alpha value is -2.80. The van der Waals surface area contributed by atoms with Gasteiger partial charge >= 0.3 is 5.97 Å². The van der Waals surface area contributed by atoms with Crippen molar-refractivity contribution in [2.24, 2.45) is 5.92 Å². The van der Waals surface area contributed by atoms with Crippen LogP contribution in [0, 0.1) is 12.8 Å². The van der Waals surface area contributed by atoms with Crippen LogP contribution in [0.2, 0.25) is 0 Å². The SMILES string of the molecule is COC(=O)C(C)CN(Cc1ccccc1)C(=O)CSCC(=O)Nc1ccc(C)cc1. The van der Waals surface area contributed by atoms with Crippen LogP contribution in [0.1, 0.15) is 18.1 Å². The van der Waals surface area contributed by atoms with Crippen molar-refractivity contribution < 1.29 is 19.1 Å². The summed E-state index contributed by atoms with van der Waals surface area (Å²) in [6.45, 7) is 4.38. The summed E-state index contributed by atoms with van der Waals surface area (Å²) in [6, 6.07) is 17.1. The fourth-order valence-corrected chi connectivity index (χ4v) is 3.54. The van der Waals surface area contributed by atoms with Crippen molar-refractivity contribution in [2.75, 3.05) is 30.5 Å². The number of hydrogen-bond acceptors (Lipinski definition) is 5. The lowest BCUT2D eigenvalue weighted by Gasteiger charge is -2.25. The topological polar surface area (TPSA) is 75.7 Å². The number of amides is 2. The van der Waals surface area contributed by atoms with Gasteiger partial charge in [0.2, 0.25) is 11.8 Å². The van der Waals surface area contributed by atoms with Gasteiger partial charge in [0.1, 0.15) is 0 Å². The first-order valence-corrected chi connectivity index (χ1v) is 10.9. The third kappa shape index (κ3) is 7.91. The number of anilines is 1. The van der Waals surface area contributed by atoms with E-state index in [9.17, 15) is 14.4 Å². The molecule has 7 heteroatoms. The van der Waals surface area contributed by atoms with Gasteiger partial charge in [-0.25, -0.2) is 0 Å². The predicted octanol–water partition coefficient (Wildman–Crippen LogP) is 3.50. The highest BCUT2D eigenvalue weighted by Gasteiger charge is 2.22. The van der Waals surface area contributed by atoms with Crippen molar-refractivity contribution in [3.63, 3.8) is 0 Å². The Kier molecular flexibility index (Phi) is 9.41. The number of aryl methyl sites for hydroxylation is 1. The molecule has 0 saturated heterocycles. The Morgan fingerprint density at radius 2 is 1.70 bits per heavy atom. The molecule has 0 fully saturated rings. The number of rotatable bonds is 10. The van der Waals surface area contributed by atoms with Gasteiger partial charge in [-0.2, -0.15) is 0 Å². The number of benzene rings is 2. The van der Waals surface area contributed by atoms with Crippen LogP contribution < -0.4 is 5.32 Å². The second-order valence-electron chi connectivity index (χ2n) is 7.09. The molecule has 0 spiro atoms. The zero-order valence-electron chi connectivity index (χ0n) is 17.6. The average Bonchev–Trinajstić information content (AvgIpc) is 2.74. The van der Waals surface area contributed by atoms with E-state index in [2.05, 4.69) is 5.32 Å². The van der Waals surface area contributed by atoms with E-state index in [-0.39, 0.29) is 35.8 Å². The molecule has 2 amide bonds. The molecule has 0 radical (unpaired) electrons. The lowest BCUT2D eigenvalue weighted by atomic mass is 10.1. The molecule has 0 heterocycles. The molecular weight excluding hydrogens is 400 g/mol. The zero-order chi connectivity index (χ0) is 21.9. The molecule has 1 atom stereocenters. The molecule has 0 aliphatic carbocycles. The number of carbonyl (C=O) groups excluding carboxylic acids is 3. The molecule has 2 rings (SSSR count). The lowest BCUT2D eigenvalue weighted by molar-refractivity contribution is -0.146. The van der Waals surface area contributed by atoms with Crippen molar-refractivity contribution in [1.82, 2.24) is 4.90 Å². The maximum absolute atomic E-state index is 12.8. The number of thioether (sulfide) groups is 1. The van der Waals surface area contributed by atoms with Gasteiger partial charge in [0.05, 0.1) is 24.5 Å². The minimum Gasteiger partial charge on any atom is -0.469 e. The summed E-state index contributed by atoms with van der Waals surface area (Å²) in [7, 11) is 1.34. The Bertz CT molecular complexity index is 840. The van der Waals surface area contributed by atoms with Crippen molar-refractivity contribution in [2.45, 2.75) is 20.4 Å². The summed E-state index contributed by atoms with van der Waals surface area (Å²) >= 11 is 1.25. The first kappa shape index (κ1) is 23.5. The predicted molar refractivity (Wildman–Crippen MR) is 120 cm³/mol. The van der Waals surface area contributed by atoms with Gasteiger partial charge in [-0.05, 0) is 24.6 Å². The van der Waals surface area contributed by atoms with Crippen molar-refractivity contribution in [1.29, 1.82) is 0 Å². The number of carbonyl (C=O) groups is 3. The molecule has 2 aromatic carbocycles. The van der Waals surface area contributed by atoms with Crippen LogP contribution in [0.25, 0.3) is 0 Å². The lowest BCUT2D eigenvalue weighted by Crippen LogP contribution is -2.38. The van der Waals surface area contributed by atoms with E-state index in [4.69, 9.17) is 4.74 Å². The van der Waals surface area contributed by atoms with Crippen LogP contribution in [-0.2, 0) is 25.7 Å². The molecule has 1 unspecified atom stereocenters. The summed E-state index contributed by atoms with van der Waals surface area (Å²) < 4.78 is 4.78. The third-order valence-electron chi connectivity index (χ3n) is 4.46. The van der Waals surface area contributed by atoms with Crippen LogP contribution in [0.3, 0.4) is 0 Å². The third-order valence-corrected chi connectivity index (χ3v) is 5.38. The minimum absolute atomic E-state index is 0.122. The fourth-order valence-electron chi connectivity index (χ4n) is 2.82. The minimum atomic E-state index is -0.433. The largest absolute Gasteiger partial charge is 0.469 e. The quantitative estimate of drug-likeness (QED) is 0.586. The van der Waals surface area contributed by atoms with E-state index in [0.717, 1.165) is 16.8 Å². The van der Waals surface area contributed by atoms with E-state index in [1.807, 2.05) is 61.5 Å². The number of ether oxygens (including phenoxy) is 1. The normalized spacial score (nSPS) is 11.4. The molecule has 0 aliphatic heterocycles. The van der Waals surface area contributed by atoms with E-state index >= 15 is 0 Å². The van der Waals surface area contributed by atoms with Gasteiger partial charge in [0.25, 0.3) is 0 Å². The molecule has 2 aromatic rings. The van der Waals surface area contributed by atoms with Gasteiger partial charge in [-0.15, -0.1) is 11.8 Å². The first-order valence-electron chi connectivity index (χ1n) is 9.73. The standard InChI is InChI=1S/C23H28N2O4S/c1-17-9-11-20(12-10-17)24-21(26)15-30-16-22(27)25(13-18(2)23(28)29-3)14-19-7-5-4-6-8-19/h4-12,18H,13-16H2,1-3H3,(H,24,26). The number of esters is 1. The molecule has 0 saturated carbocycles. The average molecular weight is 429 g/mol. The number of hydrogen-bond donors (Lipinski definition) is 1. The summed E-state index contributed by atoms with van der Waals surface area (Å²) in [5.74, 6) is -0.742. The Morgan fingerprint density at radius 3 is 2.33 bits per heavy atom. The van der Waals surface area contributed by atoms with Crippen molar-refractivity contribution >= 4 is 35.2 Å². The van der Waals surface area contributed by atoms with Crippen molar-refractivity contribution in [3.05, 3.63) is 65.7 Å². The maximum atomic E-state index is 12.8. The molecule has 1 N–H and O–H groups in total. The number of nitrogens with one attached hydrogen (secondary N) is 1. The van der Waals surface area contributed by atoms with Gasteiger partial charge < -0.3 is 15.0 Å². The van der Waals surface area contributed by atoms with Crippen LogP contribution in [0.4, 0.5) is 5.69 Å². The molecule has 0 aliphatic rings. The highest BCUT2D eigenvalue weighted by molar-refractivity contribution is 8.00. The van der Waals surface area contributed by atoms with E-state index in [0.29, 0.717) is 6.54 Å². The van der Waals surface area contributed by atoms with Gasteiger partial charge in [0.15, 0.2) is 0 Å². The van der Waals surface area contributed by atoms with Gasteiger partial charge in [-0.1, -0.05) is 55.0 Å². The molecule has 30 heavy (non-hydrogen) atoms. The van der Waals surface area contributed by atoms with E-state index < -0.39 is 5.92 Å².